The third-order valence-electron chi connectivity index (χ3n) is 7.46. The SMILES string of the molecule is CCCCNc1ncc2c(C3=CC=C(N4CCNCC4)C(C)C3)nn(CC3CCNCC3)c2n1. The average Bonchev–Trinajstić information content (AvgIpc) is 3.23. The Morgan fingerprint density at radius 1 is 1.09 bits per heavy atom. The predicted octanol–water partition coefficient (Wildman–Crippen LogP) is 3.25. The number of allylic oxidation sites excluding steroid dienone is 4. The first-order valence-electron chi connectivity index (χ1n) is 13.3. The molecule has 2 aliphatic heterocycles. The van der Waals surface area contributed by atoms with Gasteiger partial charge in [-0.05, 0) is 56.3 Å². The highest BCUT2D eigenvalue weighted by atomic mass is 15.3. The molecule has 3 N–H and O–H groups in total. The van der Waals surface area contributed by atoms with Gasteiger partial charge in [0.1, 0.15) is 0 Å². The maximum atomic E-state index is 5.16. The highest BCUT2D eigenvalue weighted by Gasteiger charge is 2.26. The molecule has 0 bridgehead atoms. The van der Waals surface area contributed by atoms with Crippen molar-refractivity contribution in [3.05, 3.63) is 29.7 Å². The lowest BCUT2D eigenvalue weighted by Gasteiger charge is -2.36. The van der Waals surface area contributed by atoms with E-state index in [9.17, 15) is 0 Å². The average molecular weight is 465 g/mol. The van der Waals surface area contributed by atoms with Gasteiger partial charge in [-0.15, -0.1) is 0 Å². The van der Waals surface area contributed by atoms with Crippen molar-refractivity contribution in [2.75, 3.05) is 51.1 Å². The number of piperidine rings is 1. The first kappa shape index (κ1) is 23.3. The number of nitrogens with zero attached hydrogens (tertiary/aromatic N) is 5. The molecular weight excluding hydrogens is 424 g/mol. The van der Waals surface area contributed by atoms with Gasteiger partial charge < -0.3 is 20.9 Å². The Kier molecular flexibility index (Phi) is 7.45. The summed E-state index contributed by atoms with van der Waals surface area (Å²) in [4.78, 5) is 12.1. The molecule has 4 heterocycles. The molecule has 3 aliphatic rings. The smallest absolute Gasteiger partial charge is 0.224 e. The summed E-state index contributed by atoms with van der Waals surface area (Å²) in [5, 5.41) is 16.6. The van der Waals surface area contributed by atoms with Crippen LogP contribution in [0.5, 0.6) is 0 Å². The van der Waals surface area contributed by atoms with E-state index >= 15 is 0 Å². The summed E-state index contributed by atoms with van der Waals surface area (Å²) >= 11 is 0. The Hall–Kier alpha value is -2.45. The Balaban J connectivity index is 1.46. The number of anilines is 1. The normalized spacial score (nSPS) is 22.1. The fourth-order valence-corrected chi connectivity index (χ4v) is 5.46. The van der Waals surface area contributed by atoms with E-state index in [1.165, 1.54) is 24.1 Å². The summed E-state index contributed by atoms with van der Waals surface area (Å²) in [6, 6.07) is 0. The molecule has 8 heteroatoms. The number of piperazine rings is 1. The van der Waals surface area contributed by atoms with Gasteiger partial charge in [0.2, 0.25) is 5.95 Å². The molecule has 8 nitrogen and oxygen atoms in total. The van der Waals surface area contributed by atoms with Crippen molar-refractivity contribution >= 4 is 22.6 Å². The van der Waals surface area contributed by atoms with E-state index in [0.29, 0.717) is 17.8 Å². The second-order valence-electron chi connectivity index (χ2n) is 10.1. The van der Waals surface area contributed by atoms with E-state index in [1.807, 2.05) is 6.20 Å². The molecule has 2 aromatic rings. The summed E-state index contributed by atoms with van der Waals surface area (Å²) in [6.07, 6.45) is 12.3. The van der Waals surface area contributed by atoms with Crippen LogP contribution >= 0.6 is 0 Å². The van der Waals surface area contributed by atoms with Crippen LogP contribution < -0.4 is 16.0 Å². The summed E-state index contributed by atoms with van der Waals surface area (Å²) in [6.45, 7) is 12.9. The zero-order chi connectivity index (χ0) is 23.3. The van der Waals surface area contributed by atoms with Crippen molar-refractivity contribution in [2.24, 2.45) is 11.8 Å². The molecule has 2 aromatic heterocycles. The number of rotatable bonds is 8. The minimum atomic E-state index is 0.485. The maximum Gasteiger partial charge on any atom is 0.224 e. The molecule has 0 aromatic carbocycles. The highest BCUT2D eigenvalue weighted by Crippen LogP contribution is 2.35. The van der Waals surface area contributed by atoms with Crippen LogP contribution in [0.4, 0.5) is 5.95 Å². The van der Waals surface area contributed by atoms with Crippen molar-refractivity contribution in [3.8, 4) is 0 Å². The maximum absolute atomic E-state index is 5.16. The summed E-state index contributed by atoms with van der Waals surface area (Å²) < 4.78 is 2.16. The topological polar surface area (TPSA) is 82.9 Å². The Morgan fingerprint density at radius 2 is 1.88 bits per heavy atom. The van der Waals surface area contributed by atoms with Crippen LogP contribution in [0.15, 0.2) is 24.0 Å². The quantitative estimate of drug-likeness (QED) is 0.517. The molecule has 1 atom stereocenters. The first-order valence-corrected chi connectivity index (χ1v) is 13.3. The molecular formula is C26H40N8. The third-order valence-corrected chi connectivity index (χ3v) is 7.46. The van der Waals surface area contributed by atoms with Crippen LogP contribution in [0, 0.1) is 11.8 Å². The van der Waals surface area contributed by atoms with Gasteiger partial charge in [-0.1, -0.05) is 26.3 Å². The van der Waals surface area contributed by atoms with Gasteiger partial charge >= 0.3 is 0 Å². The fraction of sp³-hybridized carbons (Fsp3) is 0.654. The largest absolute Gasteiger partial charge is 0.372 e. The van der Waals surface area contributed by atoms with Crippen LogP contribution in [0.3, 0.4) is 0 Å². The van der Waals surface area contributed by atoms with Crippen LogP contribution in [-0.4, -0.2) is 70.5 Å². The molecule has 34 heavy (non-hydrogen) atoms. The van der Waals surface area contributed by atoms with Crippen LogP contribution in [0.1, 0.15) is 51.6 Å². The molecule has 0 amide bonds. The number of nitrogens with one attached hydrogen (secondary N) is 3. The van der Waals surface area contributed by atoms with E-state index < -0.39 is 0 Å². The van der Waals surface area contributed by atoms with Crippen molar-refractivity contribution in [1.29, 1.82) is 0 Å². The lowest BCUT2D eigenvalue weighted by Crippen LogP contribution is -2.44. The second kappa shape index (κ2) is 10.9. The summed E-state index contributed by atoms with van der Waals surface area (Å²) in [7, 11) is 0. The van der Waals surface area contributed by atoms with E-state index in [0.717, 1.165) is 88.3 Å². The number of hydrogen-bond acceptors (Lipinski definition) is 7. The lowest BCUT2D eigenvalue weighted by molar-refractivity contribution is 0.271. The fourth-order valence-electron chi connectivity index (χ4n) is 5.46. The van der Waals surface area contributed by atoms with Gasteiger partial charge in [-0.3, -0.25) is 0 Å². The van der Waals surface area contributed by atoms with Gasteiger partial charge in [0.15, 0.2) is 5.65 Å². The number of unbranched alkanes of at least 4 members (excludes halogenated alkanes) is 1. The third kappa shape index (κ3) is 5.13. The van der Waals surface area contributed by atoms with Crippen molar-refractivity contribution in [2.45, 2.75) is 52.5 Å². The van der Waals surface area contributed by atoms with Crippen molar-refractivity contribution in [3.63, 3.8) is 0 Å². The van der Waals surface area contributed by atoms with Crippen LogP contribution in [-0.2, 0) is 6.54 Å². The number of hydrogen-bond donors (Lipinski definition) is 3. The van der Waals surface area contributed by atoms with Gasteiger partial charge in [0, 0.05) is 57.1 Å². The van der Waals surface area contributed by atoms with E-state index in [-0.39, 0.29) is 0 Å². The van der Waals surface area contributed by atoms with Crippen molar-refractivity contribution in [1.82, 2.24) is 35.3 Å². The minimum Gasteiger partial charge on any atom is -0.372 e. The Bertz CT molecular complexity index is 1030. The molecule has 0 spiro atoms. The zero-order valence-corrected chi connectivity index (χ0v) is 20.8. The van der Waals surface area contributed by atoms with Crippen LogP contribution in [0.25, 0.3) is 16.6 Å². The number of fused-ring (bicyclic) bond motifs is 1. The number of aromatic nitrogens is 4. The molecule has 0 radical (unpaired) electrons. The lowest BCUT2D eigenvalue weighted by atomic mass is 9.89. The van der Waals surface area contributed by atoms with Crippen molar-refractivity contribution < 1.29 is 0 Å². The van der Waals surface area contributed by atoms with E-state index in [2.05, 4.69) is 56.5 Å². The minimum absolute atomic E-state index is 0.485. The molecule has 2 saturated heterocycles. The monoisotopic (exact) mass is 464 g/mol. The summed E-state index contributed by atoms with van der Waals surface area (Å²) in [5.74, 6) is 1.84. The molecule has 1 unspecified atom stereocenters. The molecule has 0 saturated carbocycles. The Morgan fingerprint density at radius 3 is 2.65 bits per heavy atom. The van der Waals surface area contributed by atoms with Gasteiger partial charge in [0.05, 0.1) is 11.1 Å². The molecule has 184 valence electrons. The van der Waals surface area contributed by atoms with Gasteiger partial charge in [0.25, 0.3) is 0 Å². The highest BCUT2D eigenvalue weighted by molar-refractivity contribution is 5.89. The Labute approximate surface area is 203 Å². The molecule has 1 aliphatic carbocycles. The van der Waals surface area contributed by atoms with Gasteiger partial charge in [-0.2, -0.15) is 10.1 Å². The summed E-state index contributed by atoms with van der Waals surface area (Å²) in [5.41, 5.74) is 4.79. The van der Waals surface area contributed by atoms with E-state index in [1.54, 1.807) is 0 Å². The second-order valence-corrected chi connectivity index (χ2v) is 10.1. The van der Waals surface area contributed by atoms with E-state index in [4.69, 9.17) is 10.1 Å². The molecule has 5 rings (SSSR count). The predicted molar refractivity (Wildman–Crippen MR) is 139 cm³/mol. The first-order chi connectivity index (χ1) is 16.7. The zero-order valence-electron chi connectivity index (χ0n) is 20.8. The molecule has 2 fully saturated rings. The standard InChI is InChI=1S/C26H40N8/c1-3-4-9-29-26-30-17-22-24(32-34(25(22)31-26)18-20-7-10-27-11-8-20)21-5-6-23(19(2)16-21)33-14-12-28-13-15-33/h5-6,17,19-20,27-28H,3-4,7-16,18H2,1-2H3,(H,29,30,31). The van der Waals surface area contributed by atoms with Crippen LogP contribution in [0.2, 0.25) is 0 Å². The van der Waals surface area contributed by atoms with Gasteiger partial charge in [-0.25, -0.2) is 9.67 Å².